The van der Waals surface area contributed by atoms with Crippen molar-refractivity contribution in [2.45, 2.75) is 82.3 Å². The number of aliphatic imine (C=N–C) groups is 1. The van der Waals surface area contributed by atoms with Crippen LogP contribution in [0.5, 0.6) is 0 Å². The first-order valence-corrected chi connectivity index (χ1v) is 12.0. The van der Waals surface area contributed by atoms with Crippen LogP contribution >= 0.6 is 0 Å². The van der Waals surface area contributed by atoms with E-state index in [9.17, 15) is 9.59 Å². The fourth-order valence-electron chi connectivity index (χ4n) is 5.77. The summed E-state index contributed by atoms with van der Waals surface area (Å²) in [7, 11) is 0. The van der Waals surface area contributed by atoms with Gasteiger partial charge in [-0.2, -0.15) is 4.99 Å². The van der Waals surface area contributed by atoms with Crippen LogP contribution in [0.25, 0.3) is 0 Å². The van der Waals surface area contributed by atoms with E-state index in [2.05, 4.69) is 16.8 Å². The number of esters is 1. The highest BCUT2D eigenvalue weighted by Crippen LogP contribution is 2.45. The number of unbranched alkanes of at least 4 members (excludes halogenated alkanes) is 2. The van der Waals surface area contributed by atoms with E-state index in [0.29, 0.717) is 43.4 Å². The molecule has 1 aliphatic carbocycles. The zero-order valence-electron chi connectivity index (χ0n) is 18.4. The summed E-state index contributed by atoms with van der Waals surface area (Å²) < 4.78 is 12.1. The first-order chi connectivity index (χ1) is 15.1. The number of likely N-dealkylation sites (tertiary alicyclic amines) is 1. The van der Waals surface area contributed by atoms with Crippen LogP contribution in [-0.4, -0.2) is 41.5 Å². The lowest BCUT2D eigenvalue weighted by atomic mass is 9.76. The van der Waals surface area contributed by atoms with Crippen molar-refractivity contribution in [3.8, 4) is 0 Å². The van der Waals surface area contributed by atoms with Crippen molar-refractivity contribution < 1.29 is 19.1 Å². The zero-order chi connectivity index (χ0) is 21.5. The highest BCUT2D eigenvalue weighted by Gasteiger charge is 2.52. The lowest BCUT2D eigenvalue weighted by Crippen LogP contribution is -2.48. The van der Waals surface area contributed by atoms with E-state index in [4.69, 9.17) is 9.47 Å². The van der Waals surface area contributed by atoms with Gasteiger partial charge in [0.05, 0.1) is 5.56 Å². The number of rotatable bonds is 4. The van der Waals surface area contributed by atoms with E-state index in [0.717, 1.165) is 31.2 Å². The normalized spacial score (nSPS) is 29.1. The maximum Gasteiger partial charge on any atom is 0.339 e. The summed E-state index contributed by atoms with van der Waals surface area (Å²) in [5, 5.41) is 0. The summed E-state index contributed by atoms with van der Waals surface area (Å²) in [6.45, 7) is 3.55. The maximum atomic E-state index is 12.8. The van der Waals surface area contributed by atoms with E-state index in [1.165, 1.54) is 25.7 Å². The molecule has 0 aromatic heterocycles. The quantitative estimate of drug-likeness (QED) is 0.523. The van der Waals surface area contributed by atoms with Crippen molar-refractivity contribution >= 4 is 17.9 Å². The first-order valence-electron chi connectivity index (χ1n) is 12.0. The number of carbonyl (C=O) groups excluding carboxylic acids is 2. The van der Waals surface area contributed by atoms with Crippen LogP contribution in [0, 0.1) is 5.92 Å². The molecule has 6 nitrogen and oxygen atoms in total. The Morgan fingerprint density at radius 1 is 1.00 bits per heavy atom. The molecule has 0 bridgehead atoms. The summed E-state index contributed by atoms with van der Waals surface area (Å²) in [5.74, 6) is 0.375. The molecule has 4 aliphatic rings. The molecule has 0 N–H and O–H groups in total. The second-order valence-electron chi connectivity index (χ2n) is 9.65. The molecule has 1 saturated carbocycles. The minimum Gasteiger partial charge on any atom is -0.450 e. The third kappa shape index (κ3) is 3.54. The summed E-state index contributed by atoms with van der Waals surface area (Å²) in [6.07, 6.45) is 10.1. The van der Waals surface area contributed by atoms with Crippen LogP contribution in [0.3, 0.4) is 0 Å². The Hall–Kier alpha value is -2.37. The lowest BCUT2D eigenvalue weighted by molar-refractivity contribution is -0.134. The van der Waals surface area contributed by atoms with Crippen molar-refractivity contribution in [3.63, 3.8) is 0 Å². The standard InChI is InChI=1S/C25H32N2O4/c1-2-3-4-7-18-10-12-25(13-11-18)22(29)26-23(31-25)27-16-14-24(15-17-27)20-9-6-5-8-19(20)21(28)30-24/h5-6,8-9,18H,2-4,7,10-17H2,1H3. The van der Waals surface area contributed by atoms with Gasteiger partial charge in [0.1, 0.15) is 5.60 Å². The van der Waals surface area contributed by atoms with Gasteiger partial charge >= 0.3 is 5.97 Å². The molecular weight excluding hydrogens is 392 g/mol. The van der Waals surface area contributed by atoms with Gasteiger partial charge in [0.25, 0.3) is 11.9 Å². The highest BCUT2D eigenvalue weighted by atomic mass is 16.6. The minimum atomic E-state index is -0.738. The molecule has 0 radical (unpaired) electrons. The van der Waals surface area contributed by atoms with E-state index in [-0.39, 0.29) is 11.9 Å². The molecular formula is C25H32N2O4. The number of amidine groups is 1. The molecule has 0 unspecified atom stereocenters. The fourth-order valence-corrected chi connectivity index (χ4v) is 5.77. The van der Waals surface area contributed by atoms with Gasteiger partial charge in [-0.15, -0.1) is 0 Å². The summed E-state index contributed by atoms with van der Waals surface area (Å²) in [6, 6.07) is 8.14. The van der Waals surface area contributed by atoms with Crippen molar-refractivity contribution in [1.29, 1.82) is 0 Å². The first kappa shape index (κ1) is 20.5. The SMILES string of the molecule is CCCCCC1CCC2(CC1)OC(N1CCC3(CC1)OC(=O)c1ccccc13)=NC2=O. The average Bonchev–Trinajstić information content (AvgIpc) is 3.25. The van der Waals surface area contributed by atoms with E-state index in [1.807, 2.05) is 24.3 Å². The van der Waals surface area contributed by atoms with Crippen LogP contribution in [-0.2, 0) is 19.9 Å². The monoisotopic (exact) mass is 424 g/mol. The summed E-state index contributed by atoms with van der Waals surface area (Å²) >= 11 is 0. The van der Waals surface area contributed by atoms with Gasteiger partial charge in [0, 0.05) is 31.5 Å². The van der Waals surface area contributed by atoms with Crippen molar-refractivity contribution in [3.05, 3.63) is 35.4 Å². The Morgan fingerprint density at radius 2 is 1.74 bits per heavy atom. The van der Waals surface area contributed by atoms with E-state index in [1.54, 1.807) is 0 Å². The molecule has 2 spiro atoms. The largest absolute Gasteiger partial charge is 0.450 e. The predicted octanol–water partition coefficient (Wildman–Crippen LogP) is 4.57. The second-order valence-corrected chi connectivity index (χ2v) is 9.65. The smallest absolute Gasteiger partial charge is 0.339 e. The van der Waals surface area contributed by atoms with Crippen molar-refractivity contribution in [2.75, 3.05) is 13.1 Å². The van der Waals surface area contributed by atoms with Crippen LogP contribution < -0.4 is 0 Å². The van der Waals surface area contributed by atoms with Crippen LogP contribution in [0.1, 0.15) is 87.1 Å². The maximum absolute atomic E-state index is 12.8. The van der Waals surface area contributed by atoms with E-state index < -0.39 is 11.2 Å². The molecule has 1 amide bonds. The Morgan fingerprint density at radius 3 is 2.48 bits per heavy atom. The number of nitrogens with zero attached hydrogens (tertiary/aromatic N) is 2. The molecule has 166 valence electrons. The number of ether oxygens (including phenoxy) is 2. The second kappa shape index (κ2) is 7.95. The van der Waals surface area contributed by atoms with Crippen LogP contribution in [0.4, 0.5) is 0 Å². The zero-order valence-corrected chi connectivity index (χ0v) is 18.4. The van der Waals surface area contributed by atoms with Crippen molar-refractivity contribution in [1.82, 2.24) is 4.90 Å². The molecule has 1 aromatic carbocycles. The summed E-state index contributed by atoms with van der Waals surface area (Å²) in [4.78, 5) is 31.5. The number of benzene rings is 1. The predicted molar refractivity (Wildman–Crippen MR) is 117 cm³/mol. The van der Waals surface area contributed by atoms with Crippen molar-refractivity contribution in [2.24, 2.45) is 10.9 Å². The van der Waals surface area contributed by atoms with Gasteiger partial charge < -0.3 is 14.4 Å². The Kier molecular flexibility index (Phi) is 5.27. The fraction of sp³-hybridized carbons (Fsp3) is 0.640. The number of hydrogen-bond donors (Lipinski definition) is 0. The molecule has 1 aromatic rings. The number of piperidine rings is 1. The van der Waals surface area contributed by atoms with Gasteiger partial charge in [-0.25, -0.2) is 4.79 Å². The average molecular weight is 425 g/mol. The van der Waals surface area contributed by atoms with Crippen LogP contribution in [0.15, 0.2) is 29.3 Å². The number of amides is 1. The number of fused-ring (bicyclic) bond motifs is 2. The number of carbonyl (C=O) groups is 2. The van der Waals surface area contributed by atoms with Gasteiger partial charge in [0.2, 0.25) is 0 Å². The molecule has 3 aliphatic heterocycles. The number of hydrogen-bond acceptors (Lipinski definition) is 5. The third-order valence-corrected chi connectivity index (χ3v) is 7.77. The highest BCUT2D eigenvalue weighted by molar-refractivity contribution is 6.01. The Balaban J connectivity index is 1.20. The van der Waals surface area contributed by atoms with Gasteiger partial charge in [-0.1, -0.05) is 50.8 Å². The lowest BCUT2D eigenvalue weighted by Gasteiger charge is -2.40. The molecule has 5 rings (SSSR count). The molecule has 6 heteroatoms. The molecule has 3 heterocycles. The Labute approximate surface area is 184 Å². The third-order valence-electron chi connectivity index (χ3n) is 7.77. The minimum absolute atomic E-state index is 0.104. The van der Waals surface area contributed by atoms with Gasteiger partial charge in [-0.05, 0) is 37.7 Å². The molecule has 31 heavy (non-hydrogen) atoms. The van der Waals surface area contributed by atoms with Gasteiger partial charge in [0.15, 0.2) is 5.60 Å². The topological polar surface area (TPSA) is 68.2 Å². The molecule has 2 fully saturated rings. The molecule has 1 saturated heterocycles. The van der Waals surface area contributed by atoms with Gasteiger partial charge in [-0.3, -0.25) is 4.79 Å². The Bertz CT molecular complexity index is 893. The molecule has 0 atom stereocenters. The van der Waals surface area contributed by atoms with E-state index >= 15 is 0 Å². The van der Waals surface area contributed by atoms with Crippen LogP contribution in [0.2, 0.25) is 0 Å². The summed E-state index contributed by atoms with van der Waals surface area (Å²) in [5.41, 5.74) is 0.373.